The third kappa shape index (κ3) is 4.20. The molecule has 0 aliphatic heterocycles. The Morgan fingerprint density at radius 3 is 2.46 bits per heavy atom. The van der Waals surface area contributed by atoms with E-state index in [1.54, 1.807) is 23.7 Å². The first kappa shape index (κ1) is 19.2. The number of aromatic hydroxyl groups is 1. The van der Waals surface area contributed by atoms with Crippen molar-refractivity contribution in [1.29, 1.82) is 0 Å². The number of phenolic OH excluding ortho intramolecular Hbond substituents is 1. The highest BCUT2D eigenvalue weighted by atomic mass is 16.5. The maximum atomic E-state index is 12.8. The van der Waals surface area contributed by atoms with Crippen LogP contribution in [0.2, 0.25) is 0 Å². The van der Waals surface area contributed by atoms with Crippen LogP contribution in [0.25, 0.3) is 5.69 Å². The number of carbonyl (C=O) groups is 2. The SMILES string of the molecule is COC(=O)C(Cc1ccc(O)cc1)NC(=O)c1cnn(-c2ccccc2)c1C. The zero-order valence-electron chi connectivity index (χ0n) is 15.6. The van der Waals surface area contributed by atoms with Gasteiger partial charge in [0.1, 0.15) is 11.8 Å². The van der Waals surface area contributed by atoms with Gasteiger partial charge in [-0.15, -0.1) is 0 Å². The van der Waals surface area contributed by atoms with Crippen molar-refractivity contribution < 1.29 is 19.4 Å². The van der Waals surface area contributed by atoms with Gasteiger partial charge < -0.3 is 15.2 Å². The first-order valence-electron chi connectivity index (χ1n) is 8.76. The summed E-state index contributed by atoms with van der Waals surface area (Å²) < 4.78 is 6.49. The minimum absolute atomic E-state index is 0.131. The van der Waals surface area contributed by atoms with E-state index in [9.17, 15) is 14.7 Å². The summed E-state index contributed by atoms with van der Waals surface area (Å²) in [5.41, 5.74) is 2.67. The Morgan fingerprint density at radius 1 is 1.14 bits per heavy atom. The average molecular weight is 379 g/mol. The van der Waals surface area contributed by atoms with Gasteiger partial charge in [0.2, 0.25) is 0 Å². The molecule has 1 unspecified atom stereocenters. The molecule has 1 amide bonds. The molecule has 2 aromatic carbocycles. The van der Waals surface area contributed by atoms with Crippen LogP contribution in [0.15, 0.2) is 60.8 Å². The second-order valence-corrected chi connectivity index (χ2v) is 6.31. The minimum atomic E-state index is -0.860. The number of aromatic nitrogens is 2. The molecule has 1 heterocycles. The lowest BCUT2D eigenvalue weighted by molar-refractivity contribution is -0.142. The molecule has 3 rings (SSSR count). The zero-order chi connectivity index (χ0) is 20.1. The molecule has 0 saturated carbocycles. The van der Waals surface area contributed by atoms with Crippen LogP contribution >= 0.6 is 0 Å². The Hall–Kier alpha value is -3.61. The lowest BCUT2D eigenvalue weighted by Crippen LogP contribution is -2.43. The van der Waals surface area contributed by atoms with E-state index < -0.39 is 17.9 Å². The third-order valence-electron chi connectivity index (χ3n) is 4.42. The molecule has 1 atom stereocenters. The van der Waals surface area contributed by atoms with Gasteiger partial charge in [-0.1, -0.05) is 30.3 Å². The number of para-hydroxylation sites is 1. The predicted octanol–water partition coefficient (Wildman–Crippen LogP) is 2.40. The molecule has 0 spiro atoms. The summed E-state index contributed by atoms with van der Waals surface area (Å²) in [4.78, 5) is 24.9. The average Bonchev–Trinajstić information content (AvgIpc) is 3.10. The van der Waals surface area contributed by atoms with Crippen LogP contribution in [0.4, 0.5) is 0 Å². The molecule has 0 aliphatic carbocycles. The largest absolute Gasteiger partial charge is 0.508 e. The van der Waals surface area contributed by atoms with Crippen LogP contribution in [-0.2, 0) is 16.0 Å². The molecule has 7 heteroatoms. The van der Waals surface area contributed by atoms with Crippen molar-refractivity contribution in [2.75, 3.05) is 7.11 Å². The van der Waals surface area contributed by atoms with E-state index in [1.165, 1.54) is 25.4 Å². The topological polar surface area (TPSA) is 93.4 Å². The Balaban J connectivity index is 1.79. The summed E-state index contributed by atoms with van der Waals surface area (Å²) in [6.45, 7) is 1.79. The summed E-state index contributed by atoms with van der Waals surface area (Å²) in [6.07, 6.45) is 1.72. The molecule has 2 N–H and O–H groups in total. The molecular weight excluding hydrogens is 358 g/mol. The number of carbonyl (C=O) groups excluding carboxylic acids is 2. The van der Waals surface area contributed by atoms with Gasteiger partial charge in [0.15, 0.2) is 0 Å². The second kappa shape index (κ2) is 8.39. The standard InChI is InChI=1S/C21H21N3O4/c1-14-18(13-22-24(14)16-6-4-3-5-7-16)20(26)23-19(21(27)28-2)12-15-8-10-17(25)11-9-15/h3-11,13,19,25H,12H2,1-2H3,(H,23,26). The molecule has 0 aliphatic rings. The fourth-order valence-corrected chi connectivity index (χ4v) is 2.90. The highest BCUT2D eigenvalue weighted by Gasteiger charge is 2.24. The fourth-order valence-electron chi connectivity index (χ4n) is 2.90. The maximum Gasteiger partial charge on any atom is 0.328 e. The van der Waals surface area contributed by atoms with Gasteiger partial charge in [0, 0.05) is 6.42 Å². The second-order valence-electron chi connectivity index (χ2n) is 6.31. The first-order chi connectivity index (χ1) is 13.5. The van der Waals surface area contributed by atoms with Gasteiger partial charge >= 0.3 is 5.97 Å². The number of hydrogen-bond donors (Lipinski definition) is 2. The molecule has 0 bridgehead atoms. The summed E-state index contributed by atoms with van der Waals surface area (Å²) in [7, 11) is 1.27. The minimum Gasteiger partial charge on any atom is -0.508 e. The molecule has 3 aromatic rings. The third-order valence-corrected chi connectivity index (χ3v) is 4.42. The molecule has 0 saturated heterocycles. The number of nitrogens with one attached hydrogen (secondary N) is 1. The quantitative estimate of drug-likeness (QED) is 0.642. The number of phenols is 1. The summed E-state index contributed by atoms with van der Waals surface area (Å²) >= 11 is 0. The number of ether oxygens (including phenoxy) is 1. The highest BCUT2D eigenvalue weighted by molar-refractivity contribution is 5.97. The number of amides is 1. The van der Waals surface area contributed by atoms with Crippen molar-refractivity contribution in [3.8, 4) is 11.4 Å². The normalized spacial score (nSPS) is 11.6. The summed E-state index contributed by atoms with van der Waals surface area (Å²) in [5, 5.41) is 16.4. The van der Waals surface area contributed by atoms with E-state index in [0.29, 0.717) is 11.3 Å². The summed E-state index contributed by atoms with van der Waals surface area (Å²) in [5.74, 6) is -0.824. The van der Waals surface area contributed by atoms with E-state index in [-0.39, 0.29) is 12.2 Å². The van der Waals surface area contributed by atoms with E-state index in [0.717, 1.165) is 11.3 Å². The van der Waals surface area contributed by atoms with Crippen molar-refractivity contribution in [1.82, 2.24) is 15.1 Å². The van der Waals surface area contributed by atoms with Crippen LogP contribution in [0.5, 0.6) is 5.75 Å². The maximum absolute atomic E-state index is 12.8. The fraction of sp³-hybridized carbons (Fsp3) is 0.190. The van der Waals surface area contributed by atoms with Crippen molar-refractivity contribution in [3.63, 3.8) is 0 Å². The number of esters is 1. The first-order valence-corrected chi connectivity index (χ1v) is 8.76. The smallest absolute Gasteiger partial charge is 0.328 e. The number of nitrogens with zero attached hydrogens (tertiary/aromatic N) is 2. The number of benzene rings is 2. The lowest BCUT2D eigenvalue weighted by Gasteiger charge is -2.16. The van der Waals surface area contributed by atoms with Crippen molar-refractivity contribution in [3.05, 3.63) is 77.6 Å². The van der Waals surface area contributed by atoms with Crippen molar-refractivity contribution >= 4 is 11.9 Å². The number of hydrogen-bond acceptors (Lipinski definition) is 5. The van der Waals surface area contributed by atoms with Gasteiger partial charge in [-0.2, -0.15) is 5.10 Å². The van der Waals surface area contributed by atoms with Crippen LogP contribution < -0.4 is 5.32 Å². The lowest BCUT2D eigenvalue weighted by atomic mass is 10.1. The van der Waals surface area contributed by atoms with Gasteiger partial charge in [0.25, 0.3) is 5.91 Å². The Labute approximate surface area is 162 Å². The van der Waals surface area contributed by atoms with E-state index in [1.807, 2.05) is 30.3 Å². The molecule has 0 radical (unpaired) electrons. The van der Waals surface area contributed by atoms with Gasteiger partial charge in [0.05, 0.1) is 30.3 Å². The van der Waals surface area contributed by atoms with Crippen molar-refractivity contribution in [2.45, 2.75) is 19.4 Å². The van der Waals surface area contributed by atoms with Crippen LogP contribution in [0.3, 0.4) is 0 Å². The molecule has 7 nitrogen and oxygen atoms in total. The van der Waals surface area contributed by atoms with Crippen molar-refractivity contribution in [2.24, 2.45) is 0 Å². The van der Waals surface area contributed by atoms with Crippen LogP contribution in [-0.4, -0.2) is 39.9 Å². The number of rotatable bonds is 6. The molecule has 28 heavy (non-hydrogen) atoms. The monoisotopic (exact) mass is 379 g/mol. The van der Waals surface area contributed by atoms with E-state index in [4.69, 9.17) is 4.74 Å². The van der Waals surface area contributed by atoms with E-state index >= 15 is 0 Å². The van der Waals surface area contributed by atoms with Crippen LogP contribution in [0, 0.1) is 6.92 Å². The molecule has 1 aromatic heterocycles. The Morgan fingerprint density at radius 2 is 1.82 bits per heavy atom. The molecule has 0 fully saturated rings. The zero-order valence-corrected chi connectivity index (χ0v) is 15.6. The number of methoxy groups -OCH3 is 1. The molecular formula is C21H21N3O4. The predicted molar refractivity (Wildman–Crippen MR) is 103 cm³/mol. The summed E-state index contributed by atoms with van der Waals surface area (Å²) in [6, 6.07) is 15.0. The van der Waals surface area contributed by atoms with Gasteiger partial charge in [-0.05, 0) is 36.8 Å². The van der Waals surface area contributed by atoms with Gasteiger partial charge in [-0.3, -0.25) is 4.79 Å². The van der Waals surface area contributed by atoms with E-state index in [2.05, 4.69) is 10.4 Å². The highest BCUT2D eigenvalue weighted by Crippen LogP contribution is 2.15. The van der Waals surface area contributed by atoms with Crippen LogP contribution in [0.1, 0.15) is 21.6 Å². The Kier molecular flexibility index (Phi) is 5.74. The van der Waals surface area contributed by atoms with Gasteiger partial charge in [-0.25, -0.2) is 9.48 Å². The Bertz CT molecular complexity index is 965. The molecule has 144 valence electrons.